The zero-order chi connectivity index (χ0) is 14.2. The van der Waals surface area contributed by atoms with Crippen molar-refractivity contribution in [1.29, 1.82) is 0 Å². The fourth-order valence-electron chi connectivity index (χ4n) is 1.71. The number of para-hydroxylation sites is 1. The van der Waals surface area contributed by atoms with Crippen molar-refractivity contribution in [3.8, 4) is 5.75 Å². The highest BCUT2D eigenvalue weighted by molar-refractivity contribution is 14.1. The molecule has 3 N–H and O–H groups in total. The number of aromatic hydroxyl groups is 1. The number of carboxylic acid groups (broad SMARTS) is 1. The van der Waals surface area contributed by atoms with Crippen molar-refractivity contribution in [3.05, 3.63) is 24.3 Å². The molecule has 19 heavy (non-hydrogen) atoms. The molecule has 102 valence electrons. The van der Waals surface area contributed by atoms with Gasteiger partial charge in [0.2, 0.25) is 0 Å². The molecule has 0 aliphatic carbocycles. The standard InChI is InChI=1S/C10H10IN2O5P/c11-10(12-9(16)17)5-13(8(10)15)19(18)7-4-2-1-3-6(7)14/h1-4,12,14,19H,5H2,(H,16,17). The maximum Gasteiger partial charge on any atom is 0.406 e. The van der Waals surface area contributed by atoms with E-state index in [0.29, 0.717) is 0 Å². The van der Waals surface area contributed by atoms with E-state index in [-0.39, 0.29) is 17.6 Å². The summed E-state index contributed by atoms with van der Waals surface area (Å²) in [6.45, 7) is 0.00479. The van der Waals surface area contributed by atoms with Crippen molar-refractivity contribution in [1.82, 2.24) is 9.99 Å². The van der Waals surface area contributed by atoms with Gasteiger partial charge in [0, 0.05) is 0 Å². The van der Waals surface area contributed by atoms with E-state index >= 15 is 0 Å². The number of rotatable bonds is 3. The van der Waals surface area contributed by atoms with E-state index in [1.165, 1.54) is 12.1 Å². The Hall–Kier alpha value is -1.28. The lowest BCUT2D eigenvalue weighted by atomic mass is 10.1. The summed E-state index contributed by atoms with van der Waals surface area (Å²) in [4.78, 5) is 22.4. The minimum atomic E-state index is -2.65. The Morgan fingerprint density at radius 3 is 2.63 bits per heavy atom. The van der Waals surface area contributed by atoms with Crippen LogP contribution in [0.2, 0.25) is 0 Å². The first-order chi connectivity index (χ1) is 8.85. The van der Waals surface area contributed by atoms with Crippen molar-refractivity contribution in [2.45, 2.75) is 3.55 Å². The van der Waals surface area contributed by atoms with Crippen LogP contribution in [0, 0.1) is 0 Å². The van der Waals surface area contributed by atoms with E-state index in [1.807, 2.05) is 0 Å². The Balaban J connectivity index is 2.15. The second-order valence-corrected chi connectivity index (χ2v) is 7.48. The Labute approximate surface area is 122 Å². The lowest BCUT2D eigenvalue weighted by Crippen LogP contribution is -2.68. The highest BCUT2D eigenvalue weighted by Crippen LogP contribution is 2.42. The monoisotopic (exact) mass is 396 g/mol. The van der Waals surface area contributed by atoms with Gasteiger partial charge in [-0.1, -0.05) is 12.1 Å². The van der Waals surface area contributed by atoms with Crippen molar-refractivity contribution in [2.75, 3.05) is 6.54 Å². The Morgan fingerprint density at radius 1 is 1.47 bits per heavy atom. The van der Waals surface area contributed by atoms with Crippen LogP contribution in [0.25, 0.3) is 0 Å². The number of phenolic OH excluding ortho intramolecular Hbond substituents is 1. The van der Waals surface area contributed by atoms with E-state index in [4.69, 9.17) is 5.11 Å². The average Bonchev–Trinajstić information content (AvgIpc) is 2.35. The topological polar surface area (TPSA) is 107 Å². The summed E-state index contributed by atoms with van der Waals surface area (Å²) in [7, 11) is -2.65. The van der Waals surface area contributed by atoms with E-state index in [0.717, 1.165) is 4.67 Å². The van der Waals surface area contributed by atoms with Crippen LogP contribution in [0.5, 0.6) is 5.75 Å². The molecule has 1 saturated heterocycles. The predicted molar refractivity (Wildman–Crippen MR) is 76.4 cm³/mol. The number of hydrogen-bond donors (Lipinski definition) is 3. The SMILES string of the molecule is O=C(O)NC1(I)CN([PH](=O)c2ccccc2O)C1=O. The first-order valence-electron chi connectivity index (χ1n) is 5.19. The molecule has 9 heteroatoms. The largest absolute Gasteiger partial charge is 0.507 e. The molecule has 2 unspecified atom stereocenters. The number of benzene rings is 1. The number of β-lactam (4-membered cyclic amide) rings is 1. The third-order valence-corrected chi connectivity index (χ3v) is 5.45. The van der Waals surface area contributed by atoms with Crippen molar-refractivity contribution >= 4 is 47.8 Å². The van der Waals surface area contributed by atoms with Gasteiger partial charge in [-0.25, -0.2) is 4.79 Å². The van der Waals surface area contributed by atoms with Gasteiger partial charge < -0.3 is 10.2 Å². The quantitative estimate of drug-likeness (QED) is 0.230. The van der Waals surface area contributed by atoms with Crippen molar-refractivity contribution < 1.29 is 24.4 Å². The fraction of sp³-hybridized carbons (Fsp3) is 0.200. The molecule has 0 saturated carbocycles. The molecule has 1 aromatic rings. The van der Waals surface area contributed by atoms with Crippen LogP contribution in [0.1, 0.15) is 0 Å². The summed E-state index contributed by atoms with van der Waals surface area (Å²) in [5.74, 6) is -0.709. The van der Waals surface area contributed by atoms with Crippen LogP contribution in [0.4, 0.5) is 4.79 Å². The van der Waals surface area contributed by atoms with Crippen LogP contribution in [-0.4, -0.2) is 37.0 Å². The maximum absolute atomic E-state index is 12.2. The molecule has 0 spiro atoms. The molecule has 2 rings (SSSR count). The molecule has 1 aliphatic heterocycles. The van der Waals surface area contributed by atoms with Gasteiger partial charge in [-0.2, -0.15) is 0 Å². The second kappa shape index (κ2) is 5.01. The number of carbonyl (C=O) groups is 2. The Morgan fingerprint density at radius 2 is 2.11 bits per heavy atom. The summed E-state index contributed by atoms with van der Waals surface area (Å²) in [5.41, 5.74) is 0. The summed E-state index contributed by atoms with van der Waals surface area (Å²) < 4.78 is 12.0. The van der Waals surface area contributed by atoms with Crippen LogP contribution >= 0.6 is 30.5 Å². The second-order valence-electron chi connectivity index (χ2n) is 3.94. The molecule has 1 aliphatic rings. The number of halogens is 1. The van der Waals surface area contributed by atoms with Crippen molar-refractivity contribution in [3.63, 3.8) is 0 Å². The molecule has 1 aromatic carbocycles. The number of amides is 2. The summed E-state index contributed by atoms with van der Waals surface area (Å²) >= 11 is 1.68. The molecule has 2 amide bonds. The van der Waals surface area contributed by atoms with Crippen LogP contribution in [0.3, 0.4) is 0 Å². The molecule has 1 heterocycles. The van der Waals surface area contributed by atoms with E-state index in [9.17, 15) is 19.3 Å². The molecule has 1 fully saturated rings. The zero-order valence-electron chi connectivity index (χ0n) is 9.46. The van der Waals surface area contributed by atoms with Gasteiger partial charge in [0.25, 0.3) is 5.91 Å². The van der Waals surface area contributed by atoms with E-state index < -0.39 is 23.5 Å². The third-order valence-electron chi connectivity index (χ3n) is 2.64. The predicted octanol–water partition coefficient (Wildman–Crippen LogP) is 0.733. The Bertz CT molecular complexity index is 581. The molecule has 0 bridgehead atoms. The number of nitrogens with one attached hydrogen (secondary N) is 1. The number of phenols is 1. The smallest absolute Gasteiger partial charge is 0.406 e. The Kier molecular flexibility index (Phi) is 3.73. The average molecular weight is 396 g/mol. The number of carbonyl (C=O) groups excluding carboxylic acids is 1. The lowest BCUT2D eigenvalue weighted by Gasteiger charge is -2.43. The number of hydrogen-bond acceptors (Lipinski definition) is 4. The van der Waals surface area contributed by atoms with Crippen molar-refractivity contribution in [2.24, 2.45) is 0 Å². The van der Waals surface area contributed by atoms with Gasteiger partial charge in [-0.3, -0.25) is 19.3 Å². The maximum atomic E-state index is 12.2. The molecule has 2 atom stereocenters. The first kappa shape index (κ1) is 14.1. The molecule has 0 radical (unpaired) electrons. The summed E-state index contributed by atoms with van der Waals surface area (Å²) in [5, 5.41) is 20.5. The molecule has 7 nitrogen and oxygen atoms in total. The molecular formula is C10H10IN2O5P. The van der Waals surface area contributed by atoms with Gasteiger partial charge in [0.05, 0.1) is 11.8 Å². The highest BCUT2D eigenvalue weighted by atomic mass is 127. The van der Waals surface area contributed by atoms with Gasteiger partial charge in [-0.05, 0) is 34.7 Å². The summed E-state index contributed by atoms with van der Waals surface area (Å²) in [6, 6.07) is 6.05. The normalized spacial score (nSPS) is 23.6. The van der Waals surface area contributed by atoms with Crippen LogP contribution < -0.4 is 10.6 Å². The van der Waals surface area contributed by atoms with Crippen LogP contribution in [0.15, 0.2) is 24.3 Å². The fourth-order valence-corrected chi connectivity index (χ4v) is 4.71. The van der Waals surface area contributed by atoms with Gasteiger partial charge in [-0.15, -0.1) is 0 Å². The molecular weight excluding hydrogens is 386 g/mol. The van der Waals surface area contributed by atoms with Crippen LogP contribution in [-0.2, 0) is 9.36 Å². The minimum absolute atomic E-state index is 0.00479. The third kappa shape index (κ3) is 2.55. The van der Waals surface area contributed by atoms with Gasteiger partial charge in [0.1, 0.15) is 5.75 Å². The zero-order valence-corrected chi connectivity index (χ0v) is 12.6. The number of nitrogens with zero attached hydrogens (tertiary/aromatic N) is 1. The number of alkyl halides is 1. The lowest BCUT2D eigenvalue weighted by molar-refractivity contribution is -0.137. The van der Waals surface area contributed by atoms with E-state index in [2.05, 4.69) is 5.32 Å². The van der Waals surface area contributed by atoms with Gasteiger partial charge in [0.15, 0.2) is 11.5 Å². The highest BCUT2D eigenvalue weighted by Gasteiger charge is 2.53. The van der Waals surface area contributed by atoms with E-state index in [1.54, 1.807) is 34.7 Å². The van der Waals surface area contributed by atoms with Gasteiger partial charge >= 0.3 is 6.09 Å². The minimum Gasteiger partial charge on any atom is -0.507 e. The molecule has 0 aromatic heterocycles. The summed E-state index contributed by atoms with van der Waals surface area (Å²) in [6.07, 6.45) is -1.32. The first-order valence-corrected chi connectivity index (χ1v) is 7.63.